The van der Waals surface area contributed by atoms with Crippen molar-refractivity contribution in [3.05, 3.63) is 0 Å². The van der Waals surface area contributed by atoms with Crippen LogP contribution in [0, 0.1) is 11.3 Å². The topological polar surface area (TPSA) is 37.3 Å². The maximum Gasteiger partial charge on any atom is 0.306 e. The lowest BCUT2D eigenvalue weighted by atomic mass is 9.80. The summed E-state index contributed by atoms with van der Waals surface area (Å²) in [5, 5.41) is 8.70. The molecule has 68 valence electrons. The molecular formula is C9H13FO2. The quantitative estimate of drug-likeness (QED) is 0.656. The predicted molar refractivity (Wildman–Crippen MR) is 41.5 cm³/mol. The van der Waals surface area contributed by atoms with Gasteiger partial charge < -0.3 is 5.11 Å². The van der Waals surface area contributed by atoms with Gasteiger partial charge in [0.15, 0.2) is 0 Å². The average Bonchev–Trinajstić information content (AvgIpc) is 2.62. The van der Waals surface area contributed by atoms with E-state index < -0.39 is 12.1 Å². The molecule has 2 saturated carbocycles. The summed E-state index contributed by atoms with van der Waals surface area (Å²) in [5.74, 6) is -0.913. The van der Waals surface area contributed by atoms with Gasteiger partial charge >= 0.3 is 5.97 Å². The first-order valence-electron chi connectivity index (χ1n) is 4.51. The van der Waals surface area contributed by atoms with E-state index in [-0.39, 0.29) is 11.3 Å². The molecule has 0 aromatic heterocycles. The minimum Gasteiger partial charge on any atom is -0.481 e. The van der Waals surface area contributed by atoms with Gasteiger partial charge in [0, 0.05) is 5.41 Å². The van der Waals surface area contributed by atoms with E-state index in [1.54, 1.807) is 0 Å². The molecule has 2 nitrogen and oxygen atoms in total. The van der Waals surface area contributed by atoms with Crippen LogP contribution in [-0.2, 0) is 4.79 Å². The molecular weight excluding hydrogens is 159 g/mol. The van der Waals surface area contributed by atoms with Crippen molar-refractivity contribution in [1.82, 2.24) is 0 Å². The van der Waals surface area contributed by atoms with Gasteiger partial charge in [-0.05, 0) is 32.1 Å². The van der Waals surface area contributed by atoms with Crippen molar-refractivity contribution in [3.63, 3.8) is 0 Å². The highest BCUT2D eigenvalue weighted by atomic mass is 19.1. The predicted octanol–water partition coefficient (Wildman–Crippen LogP) is 1.99. The molecule has 2 rings (SSSR count). The zero-order valence-electron chi connectivity index (χ0n) is 6.92. The van der Waals surface area contributed by atoms with E-state index >= 15 is 0 Å². The number of hydrogen-bond donors (Lipinski definition) is 1. The second-order valence-electron chi connectivity index (χ2n) is 4.15. The largest absolute Gasteiger partial charge is 0.481 e. The standard InChI is InChI=1S/C9H13FO2/c10-7-5-9(7)3-1-6(2-4-9)8(11)12/h6-7H,1-5H2,(H,11,12). The summed E-state index contributed by atoms with van der Waals surface area (Å²) in [4.78, 5) is 10.6. The number of carboxylic acids is 1. The summed E-state index contributed by atoms with van der Waals surface area (Å²) in [6, 6.07) is 0. The van der Waals surface area contributed by atoms with Crippen molar-refractivity contribution in [2.24, 2.45) is 11.3 Å². The molecule has 2 fully saturated rings. The number of halogens is 1. The molecule has 12 heavy (non-hydrogen) atoms. The maximum absolute atomic E-state index is 12.8. The Morgan fingerprint density at radius 3 is 2.25 bits per heavy atom. The molecule has 0 heterocycles. The normalized spacial score (nSPS) is 46.1. The molecule has 0 aromatic rings. The van der Waals surface area contributed by atoms with Crippen LogP contribution in [0.15, 0.2) is 0 Å². The number of carboxylic acid groups (broad SMARTS) is 1. The molecule has 0 radical (unpaired) electrons. The van der Waals surface area contributed by atoms with Crippen LogP contribution in [0.4, 0.5) is 4.39 Å². The molecule has 2 aliphatic rings. The van der Waals surface area contributed by atoms with Crippen molar-refractivity contribution < 1.29 is 14.3 Å². The second-order valence-corrected chi connectivity index (χ2v) is 4.15. The molecule has 0 aromatic carbocycles. The van der Waals surface area contributed by atoms with Crippen molar-refractivity contribution >= 4 is 5.97 Å². The Balaban J connectivity index is 1.90. The van der Waals surface area contributed by atoms with E-state index in [9.17, 15) is 9.18 Å². The Bertz CT molecular complexity index is 207. The summed E-state index contributed by atoms with van der Waals surface area (Å²) in [7, 11) is 0. The van der Waals surface area contributed by atoms with Gasteiger partial charge in [-0.3, -0.25) is 4.79 Å². The Morgan fingerprint density at radius 1 is 1.42 bits per heavy atom. The Morgan fingerprint density at radius 2 is 1.92 bits per heavy atom. The summed E-state index contributed by atoms with van der Waals surface area (Å²) in [5.41, 5.74) is -0.0774. The Hall–Kier alpha value is -0.600. The van der Waals surface area contributed by atoms with E-state index in [0.29, 0.717) is 19.3 Å². The van der Waals surface area contributed by atoms with Gasteiger partial charge in [0.25, 0.3) is 0 Å². The van der Waals surface area contributed by atoms with Gasteiger partial charge in [-0.25, -0.2) is 4.39 Å². The summed E-state index contributed by atoms with van der Waals surface area (Å²) in [6.07, 6.45) is 2.97. The monoisotopic (exact) mass is 172 g/mol. The van der Waals surface area contributed by atoms with Gasteiger partial charge in [-0.2, -0.15) is 0 Å². The van der Waals surface area contributed by atoms with Crippen LogP contribution in [0.25, 0.3) is 0 Å². The van der Waals surface area contributed by atoms with Crippen molar-refractivity contribution in [2.75, 3.05) is 0 Å². The molecule has 1 spiro atoms. The van der Waals surface area contributed by atoms with Crippen LogP contribution in [0.3, 0.4) is 0 Å². The minimum absolute atomic E-state index is 0.0774. The number of alkyl halides is 1. The molecule has 0 amide bonds. The lowest BCUT2D eigenvalue weighted by Gasteiger charge is -2.25. The molecule has 1 N–H and O–H groups in total. The zero-order chi connectivity index (χ0) is 8.77. The fourth-order valence-corrected chi connectivity index (χ4v) is 2.26. The van der Waals surface area contributed by atoms with Crippen LogP contribution in [-0.4, -0.2) is 17.2 Å². The summed E-state index contributed by atoms with van der Waals surface area (Å²) in [6.45, 7) is 0. The summed E-state index contributed by atoms with van der Waals surface area (Å²) < 4.78 is 12.8. The van der Waals surface area contributed by atoms with Crippen molar-refractivity contribution in [1.29, 1.82) is 0 Å². The van der Waals surface area contributed by atoms with E-state index in [1.807, 2.05) is 0 Å². The van der Waals surface area contributed by atoms with Gasteiger partial charge in [-0.15, -0.1) is 0 Å². The molecule has 1 unspecified atom stereocenters. The highest BCUT2D eigenvalue weighted by Crippen LogP contribution is 2.59. The third kappa shape index (κ3) is 1.11. The van der Waals surface area contributed by atoms with Gasteiger partial charge in [0.05, 0.1) is 5.92 Å². The molecule has 3 heteroatoms. The number of hydrogen-bond acceptors (Lipinski definition) is 1. The van der Waals surface area contributed by atoms with Crippen LogP contribution < -0.4 is 0 Å². The molecule has 0 bridgehead atoms. The first-order valence-corrected chi connectivity index (χ1v) is 4.51. The smallest absolute Gasteiger partial charge is 0.306 e. The molecule has 2 aliphatic carbocycles. The highest BCUT2D eigenvalue weighted by Gasteiger charge is 2.56. The van der Waals surface area contributed by atoms with E-state index in [2.05, 4.69) is 0 Å². The van der Waals surface area contributed by atoms with Crippen LogP contribution >= 0.6 is 0 Å². The fraction of sp³-hybridized carbons (Fsp3) is 0.889. The first-order chi connectivity index (χ1) is 5.64. The van der Waals surface area contributed by atoms with Crippen molar-refractivity contribution in [2.45, 2.75) is 38.3 Å². The van der Waals surface area contributed by atoms with Gasteiger partial charge in [-0.1, -0.05) is 0 Å². The fourth-order valence-electron chi connectivity index (χ4n) is 2.26. The van der Waals surface area contributed by atoms with Gasteiger partial charge in [0.1, 0.15) is 6.17 Å². The van der Waals surface area contributed by atoms with Crippen LogP contribution in [0.1, 0.15) is 32.1 Å². The second kappa shape index (κ2) is 2.44. The first kappa shape index (κ1) is 8.02. The third-order valence-corrected chi connectivity index (χ3v) is 3.42. The average molecular weight is 172 g/mol. The van der Waals surface area contributed by atoms with Crippen LogP contribution in [0.5, 0.6) is 0 Å². The molecule has 0 saturated heterocycles. The Kier molecular flexibility index (Phi) is 1.63. The third-order valence-electron chi connectivity index (χ3n) is 3.42. The minimum atomic E-state index is -0.707. The zero-order valence-corrected chi connectivity index (χ0v) is 6.92. The number of carbonyl (C=O) groups is 1. The lowest BCUT2D eigenvalue weighted by Crippen LogP contribution is -2.23. The van der Waals surface area contributed by atoms with Crippen LogP contribution in [0.2, 0.25) is 0 Å². The van der Waals surface area contributed by atoms with Crippen molar-refractivity contribution in [3.8, 4) is 0 Å². The lowest BCUT2D eigenvalue weighted by molar-refractivity contribution is -0.143. The summed E-state index contributed by atoms with van der Waals surface area (Å²) >= 11 is 0. The molecule has 0 aliphatic heterocycles. The maximum atomic E-state index is 12.8. The number of rotatable bonds is 1. The SMILES string of the molecule is O=C(O)C1CCC2(CC1)CC2F. The Labute approximate surface area is 70.8 Å². The van der Waals surface area contributed by atoms with Gasteiger partial charge in [0.2, 0.25) is 0 Å². The number of aliphatic carboxylic acids is 1. The van der Waals surface area contributed by atoms with E-state index in [4.69, 9.17) is 5.11 Å². The van der Waals surface area contributed by atoms with E-state index in [1.165, 1.54) is 0 Å². The highest BCUT2D eigenvalue weighted by molar-refractivity contribution is 5.70. The van der Waals surface area contributed by atoms with E-state index in [0.717, 1.165) is 12.8 Å². The molecule has 1 atom stereocenters.